The van der Waals surface area contributed by atoms with E-state index in [-0.39, 0.29) is 17.1 Å². The molecular formula is C20H37N5O. The smallest absolute Gasteiger partial charge is 0.191 e. The van der Waals surface area contributed by atoms with Gasteiger partial charge < -0.3 is 15.4 Å². The van der Waals surface area contributed by atoms with Gasteiger partial charge in [-0.3, -0.25) is 9.67 Å². The van der Waals surface area contributed by atoms with Crippen molar-refractivity contribution in [3.63, 3.8) is 0 Å². The number of hydrogen-bond donors (Lipinski definition) is 2. The van der Waals surface area contributed by atoms with Crippen LogP contribution in [0, 0.1) is 19.3 Å². The second kappa shape index (κ2) is 7.59. The maximum absolute atomic E-state index is 5.74. The van der Waals surface area contributed by atoms with Crippen molar-refractivity contribution in [2.75, 3.05) is 13.7 Å². The minimum atomic E-state index is -0.0858. The summed E-state index contributed by atoms with van der Waals surface area (Å²) in [6.07, 6.45) is 1.91. The first-order chi connectivity index (χ1) is 12.1. The SMILES string of the molecule is CCN=C(NC(C)Cc1c(C)nn(C)c1C)NC1CC(C)(OC)C1(C)C. The lowest BCUT2D eigenvalue weighted by atomic mass is 9.56. The number of nitrogens with one attached hydrogen (secondary N) is 2. The lowest BCUT2D eigenvalue weighted by molar-refractivity contribution is -0.176. The molecule has 1 aromatic heterocycles. The summed E-state index contributed by atoms with van der Waals surface area (Å²) in [6.45, 7) is 15.9. The Morgan fingerprint density at radius 3 is 2.50 bits per heavy atom. The summed E-state index contributed by atoms with van der Waals surface area (Å²) in [7, 11) is 3.80. The van der Waals surface area contributed by atoms with E-state index in [0.29, 0.717) is 6.04 Å². The van der Waals surface area contributed by atoms with Gasteiger partial charge in [0.1, 0.15) is 0 Å². The Bertz CT molecular complexity index is 663. The molecule has 1 aliphatic rings. The maximum atomic E-state index is 5.74. The molecule has 0 amide bonds. The van der Waals surface area contributed by atoms with Crippen molar-refractivity contribution in [2.24, 2.45) is 17.5 Å². The van der Waals surface area contributed by atoms with Crippen LogP contribution < -0.4 is 10.6 Å². The Labute approximate surface area is 158 Å². The highest BCUT2D eigenvalue weighted by Crippen LogP contribution is 2.51. The molecule has 0 aromatic carbocycles. The molecule has 26 heavy (non-hydrogen) atoms. The molecule has 2 rings (SSSR count). The van der Waals surface area contributed by atoms with E-state index in [9.17, 15) is 0 Å². The van der Waals surface area contributed by atoms with Gasteiger partial charge in [-0.15, -0.1) is 0 Å². The molecule has 0 spiro atoms. The third-order valence-corrected chi connectivity index (χ3v) is 6.46. The monoisotopic (exact) mass is 363 g/mol. The van der Waals surface area contributed by atoms with Crippen LogP contribution in [-0.4, -0.2) is 47.1 Å². The van der Waals surface area contributed by atoms with Gasteiger partial charge in [-0.25, -0.2) is 0 Å². The summed E-state index contributed by atoms with van der Waals surface area (Å²) >= 11 is 0. The van der Waals surface area contributed by atoms with Crippen LogP contribution in [0.5, 0.6) is 0 Å². The molecule has 3 atom stereocenters. The maximum Gasteiger partial charge on any atom is 0.191 e. The number of aliphatic imine (C=N–C) groups is 1. The standard InChI is InChI=1S/C20H37N5O/c1-10-21-18(23-17-12-20(7,26-9)19(17,5)6)22-13(2)11-16-14(3)24-25(8)15(16)4/h13,17H,10-12H2,1-9H3,(H2,21,22,23). The molecule has 1 aliphatic carbocycles. The highest BCUT2D eigenvalue weighted by molar-refractivity contribution is 5.80. The zero-order chi connectivity index (χ0) is 19.7. The molecule has 6 heteroatoms. The van der Waals surface area contributed by atoms with Crippen molar-refractivity contribution >= 4 is 5.96 Å². The van der Waals surface area contributed by atoms with Crippen LogP contribution in [0.2, 0.25) is 0 Å². The van der Waals surface area contributed by atoms with Crippen LogP contribution in [-0.2, 0) is 18.2 Å². The molecule has 1 fully saturated rings. The first-order valence-corrected chi connectivity index (χ1v) is 9.67. The summed E-state index contributed by atoms with van der Waals surface area (Å²) in [5, 5.41) is 11.7. The Balaban J connectivity index is 2.02. The van der Waals surface area contributed by atoms with E-state index in [2.05, 4.69) is 69.2 Å². The van der Waals surface area contributed by atoms with Crippen LogP contribution in [0.4, 0.5) is 0 Å². The highest BCUT2D eigenvalue weighted by Gasteiger charge is 2.58. The number of aromatic nitrogens is 2. The van der Waals surface area contributed by atoms with Gasteiger partial charge in [0, 0.05) is 43.9 Å². The summed E-state index contributed by atoms with van der Waals surface area (Å²) in [5.74, 6) is 0.885. The molecule has 0 saturated heterocycles. The topological polar surface area (TPSA) is 63.5 Å². The van der Waals surface area contributed by atoms with Gasteiger partial charge in [0.25, 0.3) is 0 Å². The third-order valence-electron chi connectivity index (χ3n) is 6.46. The van der Waals surface area contributed by atoms with Crippen LogP contribution in [0.3, 0.4) is 0 Å². The van der Waals surface area contributed by atoms with Crippen LogP contribution in [0.25, 0.3) is 0 Å². The van der Waals surface area contributed by atoms with E-state index in [0.717, 1.165) is 31.0 Å². The second-order valence-electron chi connectivity index (χ2n) is 8.40. The van der Waals surface area contributed by atoms with Gasteiger partial charge in [-0.2, -0.15) is 5.10 Å². The largest absolute Gasteiger partial charge is 0.378 e. The zero-order valence-electron chi connectivity index (χ0n) is 18.0. The van der Waals surface area contributed by atoms with Crippen molar-refractivity contribution in [1.29, 1.82) is 0 Å². The molecule has 0 aliphatic heterocycles. The minimum absolute atomic E-state index is 0.0533. The summed E-state index contributed by atoms with van der Waals surface area (Å²) in [4.78, 5) is 4.65. The number of rotatable bonds is 6. The fraction of sp³-hybridized carbons (Fsp3) is 0.800. The number of ether oxygens (including phenoxy) is 1. The van der Waals surface area contributed by atoms with Gasteiger partial charge in [0.05, 0.1) is 11.3 Å². The van der Waals surface area contributed by atoms with Gasteiger partial charge in [0.15, 0.2) is 5.96 Å². The van der Waals surface area contributed by atoms with E-state index in [1.807, 2.05) is 11.7 Å². The average molecular weight is 364 g/mol. The van der Waals surface area contributed by atoms with Gasteiger partial charge >= 0.3 is 0 Å². The fourth-order valence-corrected chi connectivity index (χ4v) is 3.88. The molecule has 0 radical (unpaired) electrons. The molecule has 1 saturated carbocycles. The van der Waals surface area contributed by atoms with Crippen LogP contribution >= 0.6 is 0 Å². The highest BCUT2D eigenvalue weighted by atomic mass is 16.5. The second-order valence-corrected chi connectivity index (χ2v) is 8.40. The fourth-order valence-electron chi connectivity index (χ4n) is 3.88. The van der Waals surface area contributed by atoms with E-state index in [4.69, 9.17) is 4.74 Å². The van der Waals surface area contributed by atoms with Gasteiger partial charge in [-0.1, -0.05) is 13.8 Å². The van der Waals surface area contributed by atoms with Crippen molar-refractivity contribution in [1.82, 2.24) is 20.4 Å². The quantitative estimate of drug-likeness (QED) is 0.603. The summed E-state index contributed by atoms with van der Waals surface area (Å²) in [6, 6.07) is 0.616. The first-order valence-electron chi connectivity index (χ1n) is 9.67. The van der Waals surface area contributed by atoms with Crippen molar-refractivity contribution < 1.29 is 4.74 Å². The lowest BCUT2D eigenvalue weighted by Crippen LogP contribution is -2.69. The van der Waals surface area contributed by atoms with Gasteiger partial charge in [0.2, 0.25) is 0 Å². The van der Waals surface area contributed by atoms with E-state index in [1.54, 1.807) is 7.11 Å². The zero-order valence-corrected chi connectivity index (χ0v) is 18.0. The molecule has 0 bridgehead atoms. The number of guanidine groups is 1. The number of aryl methyl sites for hydroxylation is 2. The van der Waals surface area contributed by atoms with Gasteiger partial charge in [-0.05, 0) is 53.0 Å². The Kier molecular flexibility index (Phi) is 6.06. The van der Waals surface area contributed by atoms with E-state index < -0.39 is 0 Å². The normalized spacial score (nSPS) is 26.3. The van der Waals surface area contributed by atoms with Crippen molar-refractivity contribution in [3.05, 3.63) is 17.0 Å². The molecule has 148 valence electrons. The first kappa shape index (κ1) is 20.7. The predicted molar refractivity (Wildman–Crippen MR) is 108 cm³/mol. The third kappa shape index (κ3) is 3.75. The molecule has 2 N–H and O–H groups in total. The number of nitrogens with zero attached hydrogens (tertiary/aromatic N) is 3. The Morgan fingerprint density at radius 1 is 1.38 bits per heavy atom. The van der Waals surface area contributed by atoms with Crippen molar-refractivity contribution in [3.8, 4) is 0 Å². The molecule has 3 unspecified atom stereocenters. The van der Waals surface area contributed by atoms with Crippen LogP contribution in [0.1, 0.15) is 58.0 Å². The van der Waals surface area contributed by atoms with E-state index in [1.165, 1.54) is 11.3 Å². The summed E-state index contributed by atoms with van der Waals surface area (Å²) < 4.78 is 7.70. The Morgan fingerprint density at radius 2 is 2.04 bits per heavy atom. The molecule has 6 nitrogen and oxygen atoms in total. The lowest BCUT2D eigenvalue weighted by Gasteiger charge is -2.59. The predicted octanol–water partition coefficient (Wildman–Crippen LogP) is 2.73. The van der Waals surface area contributed by atoms with Crippen molar-refractivity contribution in [2.45, 2.75) is 79.0 Å². The number of hydrogen-bond acceptors (Lipinski definition) is 3. The number of methoxy groups -OCH3 is 1. The minimum Gasteiger partial charge on any atom is -0.378 e. The summed E-state index contributed by atoms with van der Waals surface area (Å²) in [5.41, 5.74) is 3.62. The average Bonchev–Trinajstić information content (AvgIpc) is 2.80. The molecular weight excluding hydrogens is 326 g/mol. The molecule has 1 aromatic rings. The van der Waals surface area contributed by atoms with Crippen LogP contribution in [0.15, 0.2) is 4.99 Å². The molecule has 1 heterocycles. The Hall–Kier alpha value is -1.56. The van der Waals surface area contributed by atoms with E-state index >= 15 is 0 Å².